The highest BCUT2D eigenvalue weighted by Gasteiger charge is 2.30. The van der Waals surface area contributed by atoms with Crippen LogP contribution in [0.5, 0.6) is 0 Å². The fourth-order valence-electron chi connectivity index (χ4n) is 9.98. The van der Waals surface area contributed by atoms with Gasteiger partial charge in [0.25, 0.3) is 0 Å². The molecule has 11 aromatic rings. The van der Waals surface area contributed by atoms with Crippen molar-refractivity contribution in [1.29, 1.82) is 0 Å². The van der Waals surface area contributed by atoms with Gasteiger partial charge in [-0.05, 0) is 130 Å². The highest BCUT2D eigenvalue weighted by atomic mass is 32.1. The van der Waals surface area contributed by atoms with E-state index in [1.807, 2.05) is 11.3 Å². The second-order valence-electron chi connectivity index (χ2n) is 19.3. The fourth-order valence-corrected chi connectivity index (χ4v) is 11.1. The number of rotatable bonds is 6. The summed E-state index contributed by atoms with van der Waals surface area (Å²) in [5.74, 6) is 0.482. The summed E-state index contributed by atoms with van der Waals surface area (Å²) in [6.07, 6.45) is 1.15. The SMILES string of the molecule is CC(C)(C)CC(c1ccc(-n2c3ccccc3c3cc(-c4ccc5sc6ccc(-c7cccc(-n8c9ccccc9c9ccccc98)c7)cc6c5c4)ccc32)cc1)C(C)(C)C. The molecular formula is C58H50N2S. The van der Waals surface area contributed by atoms with Gasteiger partial charge in [0.05, 0.1) is 22.1 Å². The molecule has 0 fully saturated rings. The average Bonchev–Trinajstić information content (AvgIpc) is 3.92. The molecule has 3 aromatic heterocycles. The number of aromatic nitrogens is 2. The highest BCUT2D eigenvalue weighted by molar-refractivity contribution is 7.25. The van der Waals surface area contributed by atoms with E-state index in [4.69, 9.17) is 0 Å². The number of nitrogens with zero attached hydrogens (tertiary/aromatic N) is 2. The molecule has 0 aliphatic rings. The molecule has 1 unspecified atom stereocenters. The number of hydrogen-bond acceptors (Lipinski definition) is 1. The first-order valence-corrected chi connectivity index (χ1v) is 22.5. The maximum atomic E-state index is 2.45. The number of thiophene rings is 1. The molecule has 0 spiro atoms. The number of fused-ring (bicyclic) bond motifs is 9. The molecule has 0 bridgehead atoms. The van der Waals surface area contributed by atoms with E-state index < -0.39 is 0 Å². The zero-order valence-electron chi connectivity index (χ0n) is 35.8. The second kappa shape index (κ2) is 14.1. The van der Waals surface area contributed by atoms with Crippen LogP contribution in [0.25, 0.3) is 97.4 Å². The minimum absolute atomic E-state index is 0.180. The lowest BCUT2D eigenvalue weighted by Crippen LogP contribution is -2.23. The van der Waals surface area contributed by atoms with Gasteiger partial charge in [-0.15, -0.1) is 11.3 Å². The van der Waals surface area contributed by atoms with Crippen LogP contribution >= 0.6 is 11.3 Å². The molecule has 298 valence electrons. The highest BCUT2D eigenvalue weighted by Crippen LogP contribution is 2.45. The fraction of sp³-hybridized carbons (Fsp3) is 0.172. The summed E-state index contributed by atoms with van der Waals surface area (Å²) in [7, 11) is 0. The molecule has 11 rings (SSSR count). The Hall–Kier alpha value is -6.42. The molecule has 1 atom stereocenters. The van der Waals surface area contributed by atoms with Crippen molar-refractivity contribution in [1.82, 2.24) is 9.13 Å². The standard InChI is InChI=1S/C58H50N2S/c1-57(2,3)36-50(58(4,5)6)37-22-27-42(28-23-37)59-53-21-12-9-18-46(53)47-33-39(24-29-54(47)59)41-26-31-56-49(35-41)48-34-40(25-30-55(48)61-56)38-14-13-15-43(32-38)60-51-19-10-7-16-44(51)45-17-8-11-20-52(45)60/h7-35,50H,36H2,1-6H3. The molecule has 0 amide bonds. The van der Waals surface area contributed by atoms with Crippen LogP contribution in [0.4, 0.5) is 0 Å². The summed E-state index contributed by atoms with van der Waals surface area (Å²) in [6, 6.07) is 65.8. The van der Waals surface area contributed by atoms with E-state index >= 15 is 0 Å². The quantitative estimate of drug-likeness (QED) is 0.158. The Morgan fingerprint density at radius 2 is 0.852 bits per heavy atom. The normalized spacial score (nSPS) is 13.1. The largest absolute Gasteiger partial charge is 0.309 e. The minimum atomic E-state index is 0.180. The summed E-state index contributed by atoms with van der Waals surface area (Å²) in [4.78, 5) is 0. The van der Waals surface area contributed by atoms with E-state index in [0.29, 0.717) is 5.92 Å². The lowest BCUT2D eigenvalue weighted by Gasteiger charge is -2.36. The van der Waals surface area contributed by atoms with Crippen molar-refractivity contribution < 1.29 is 0 Å². The van der Waals surface area contributed by atoms with E-state index in [1.165, 1.54) is 103 Å². The van der Waals surface area contributed by atoms with Gasteiger partial charge in [-0.2, -0.15) is 0 Å². The van der Waals surface area contributed by atoms with Crippen LogP contribution in [0.3, 0.4) is 0 Å². The lowest BCUT2D eigenvalue weighted by atomic mass is 9.69. The van der Waals surface area contributed by atoms with Crippen LogP contribution in [0, 0.1) is 10.8 Å². The Kier molecular flexibility index (Phi) is 8.67. The smallest absolute Gasteiger partial charge is 0.0541 e. The van der Waals surface area contributed by atoms with Crippen LogP contribution in [-0.2, 0) is 0 Å². The van der Waals surface area contributed by atoms with Crippen LogP contribution in [-0.4, -0.2) is 9.13 Å². The molecule has 0 N–H and O–H groups in total. The molecule has 8 aromatic carbocycles. The summed E-state index contributed by atoms with van der Waals surface area (Å²) in [5, 5.41) is 7.72. The molecule has 61 heavy (non-hydrogen) atoms. The van der Waals surface area contributed by atoms with Crippen molar-refractivity contribution in [3.05, 3.63) is 181 Å². The number of para-hydroxylation sites is 3. The zero-order valence-corrected chi connectivity index (χ0v) is 36.6. The Balaban J connectivity index is 0.973. The van der Waals surface area contributed by atoms with Crippen LogP contribution in [0.2, 0.25) is 0 Å². The Morgan fingerprint density at radius 3 is 1.39 bits per heavy atom. The van der Waals surface area contributed by atoms with Crippen LogP contribution in [0.1, 0.15) is 59.4 Å². The molecule has 0 radical (unpaired) electrons. The Bertz CT molecular complexity index is 3410. The third-order valence-electron chi connectivity index (χ3n) is 12.9. The summed E-state index contributed by atoms with van der Waals surface area (Å²) >= 11 is 1.88. The summed E-state index contributed by atoms with van der Waals surface area (Å²) < 4.78 is 7.47. The van der Waals surface area contributed by atoms with E-state index in [-0.39, 0.29) is 10.8 Å². The van der Waals surface area contributed by atoms with E-state index in [2.05, 4.69) is 227 Å². The molecule has 3 heterocycles. The third kappa shape index (κ3) is 6.46. The van der Waals surface area contributed by atoms with Gasteiger partial charge in [-0.1, -0.05) is 139 Å². The molecular weight excluding hydrogens is 757 g/mol. The molecule has 0 aliphatic heterocycles. The molecule has 3 heteroatoms. The van der Waals surface area contributed by atoms with E-state index in [1.54, 1.807) is 0 Å². The van der Waals surface area contributed by atoms with Crippen LogP contribution in [0.15, 0.2) is 176 Å². The summed E-state index contributed by atoms with van der Waals surface area (Å²) in [6.45, 7) is 14.2. The maximum absolute atomic E-state index is 2.45. The first-order chi connectivity index (χ1) is 29.5. The number of benzene rings is 8. The van der Waals surface area contributed by atoms with Crippen molar-refractivity contribution >= 4 is 75.1 Å². The average molecular weight is 807 g/mol. The zero-order chi connectivity index (χ0) is 41.6. The monoisotopic (exact) mass is 806 g/mol. The topological polar surface area (TPSA) is 9.86 Å². The molecule has 2 nitrogen and oxygen atoms in total. The molecule has 0 saturated heterocycles. The predicted molar refractivity (Wildman–Crippen MR) is 265 cm³/mol. The van der Waals surface area contributed by atoms with Crippen LogP contribution < -0.4 is 0 Å². The van der Waals surface area contributed by atoms with Gasteiger partial charge in [-0.25, -0.2) is 0 Å². The lowest BCUT2D eigenvalue weighted by molar-refractivity contribution is 0.229. The number of hydrogen-bond donors (Lipinski definition) is 0. The van der Waals surface area contributed by atoms with Crippen molar-refractivity contribution in [2.45, 2.75) is 53.9 Å². The Morgan fingerprint density at radius 1 is 0.393 bits per heavy atom. The van der Waals surface area contributed by atoms with Gasteiger partial charge >= 0.3 is 0 Å². The Labute approximate surface area is 362 Å². The van der Waals surface area contributed by atoms with Gasteiger partial charge in [-0.3, -0.25) is 0 Å². The van der Waals surface area contributed by atoms with Crippen molar-refractivity contribution in [2.24, 2.45) is 10.8 Å². The van der Waals surface area contributed by atoms with E-state index in [0.717, 1.165) is 6.42 Å². The minimum Gasteiger partial charge on any atom is -0.309 e. The van der Waals surface area contributed by atoms with Gasteiger partial charge < -0.3 is 9.13 Å². The van der Waals surface area contributed by atoms with Gasteiger partial charge in [0, 0.05) is 53.1 Å². The van der Waals surface area contributed by atoms with Crippen molar-refractivity contribution in [2.75, 3.05) is 0 Å². The second-order valence-corrected chi connectivity index (χ2v) is 20.4. The van der Waals surface area contributed by atoms with Gasteiger partial charge in [0.1, 0.15) is 0 Å². The molecule has 0 aliphatic carbocycles. The molecule has 0 saturated carbocycles. The van der Waals surface area contributed by atoms with E-state index in [9.17, 15) is 0 Å². The van der Waals surface area contributed by atoms with Crippen molar-refractivity contribution in [3.8, 4) is 33.6 Å². The maximum Gasteiger partial charge on any atom is 0.0541 e. The predicted octanol–water partition coefficient (Wildman–Crippen LogP) is 17.1. The third-order valence-corrected chi connectivity index (χ3v) is 14.1. The first kappa shape index (κ1) is 37.6. The van der Waals surface area contributed by atoms with Gasteiger partial charge in [0.2, 0.25) is 0 Å². The van der Waals surface area contributed by atoms with Crippen molar-refractivity contribution in [3.63, 3.8) is 0 Å². The van der Waals surface area contributed by atoms with Gasteiger partial charge in [0.15, 0.2) is 0 Å². The summed E-state index contributed by atoms with van der Waals surface area (Å²) in [5.41, 5.74) is 14.1. The first-order valence-electron chi connectivity index (χ1n) is 21.7.